The van der Waals surface area contributed by atoms with Crippen LogP contribution in [0.3, 0.4) is 0 Å². The minimum Gasteiger partial charge on any atom is -0.466 e. The number of nitrogens with zero attached hydrogens (tertiary/aromatic N) is 2. The number of nitro groups is 1. The van der Waals surface area contributed by atoms with Crippen molar-refractivity contribution in [2.45, 2.75) is 38.0 Å². The number of urea groups is 1. The second kappa shape index (κ2) is 6.26. The molecular weight excluding hydrogens is 312 g/mol. The summed E-state index contributed by atoms with van der Waals surface area (Å²) in [4.78, 5) is 36.1. The van der Waals surface area contributed by atoms with E-state index in [-0.39, 0.29) is 13.2 Å². The van der Waals surface area contributed by atoms with Crippen LogP contribution in [0.2, 0.25) is 0 Å². The van der Waals surface area contributed by atoms with Crippen LogP contribution in [-0.2, 0) is 14.3 Å². The number of carbonyl (C=O) groups is 2. The molecule has 5 atom stereocenters. The molecule has 0 saturated carbocycles. The fourth-order valence-electron chi connectivity index (χ4n) is 3.10. The van der Waals surface area contributed by atoms with E-state index in [0.717, 1.165) is 4.90 Å². The van der Waals surface area contributed by atoms with Crippen LogP contribution >= 0.6 is 0 Å². The molecule has 11 nitrogen and oxygen atoms in total. The summed E-state index contributed by atoms with van der Waals surface area (Å²) in [6.45, 7) is 3.23. The van der Waals surface area contributed by atoms with Gasteiger partial charge in [-0.25, -0.2) is 10.1 Å². The van der Waals surface area contributed by atoms with E-state index in [1.54, 1.807) is 13.8 Å². The summed E-state index contributed by atoms with van der Waals surface area (Å²) in [5, 5.41) is 27.0. The highest BCUT2D eigenvalue weighted by molar-refractivity contribution is 5.80. The Balaban J connectivity index is 2.50. The van der Waals surface area contributed by atoms with Crippen LogP contribution in [0.4, 0.5) is 4.79 Å². The first-order valence-electron chi connectivity index (χ1n) is 7.24. The minimum absolute atomic E-state index is 0.0206. The monoisotopic (exact) mass is 332 g/mol. The highest BCUT2D eigenvalue weighted by atomic mass is 16.7. The number of amides is 2. The smallest absolute Gasteiger partial charge is 0.319 e. The maximum Gasteiger partial charge on any atom is 0.319 e. The van der Waals surface area contributed by atoms with E-state index in [4.69, 9.17) is 9.47 Å². The van der Waals surface area contributed by atoms with Crippen LogP contribution in [0.1, 0.15) is 13.8 Å². The predicted octanol–water partition coefficient (Wildman–Crippen LogP) is -1.55. The summed E-state index contributed by atoms with van der Waals surface area (Å²) in [5.74, 6) is -4.54. The molecule has 2 aliphatic heterocycles. The van der Waals surface area contributed by atoms with Gasteiger partial charge >= 0.3 is 12.0 Å². The van der Waals surface area contributed by atoms with Crippen molar-refractivity contribution in [1.82, 2.24) is 15.5 Å². The molecule has 3 N–H and O–H groups in total. The Bertz CT molecular complexity index is 516. The molecule has 0 aromatic carbocycles. The second-order valence-corrected chi connectivity index (χ2v) is 5.31. The lowest BCUT2D eigenvalue weighted by molar-refractivity contribution is -0.548. The molecule has 2 rings (SSSR count). The second-order valence-electron chi connectivity index (χ2n) is 5.31. The SMILES string of the molecule is CCOC(=O)C1C2C([N+](=O)[O-])C(NC(=O)N2C)NC1(O)OCC. The van der Waals surface area contributed by atoms with Gasteiger partial charge in [0.25, 0.3) is 6.04 Å². The topological polar surface area (TPSA) is 143 Å². The van der Waals surface area contributed by atoms with Gasteiger partial charge in [-0.15, -0.1) is 0 Å². The number of piperidine rings is 1. The molecule has 0 aliphatic carbocycles. The van der Waals surface area contributed by atoms with Crippen LogP contribution in [0.15, 0.2) is 0 Å². The highest BCUT2D eigenvalue weighted by Gasteiger charge is 2.66. The molecule has 5 unspecified atom stereocenters. The van der Waals surface area contributed by atoms with E-state index in [2.05, 4.69) is 10.6 Å². The Kier molecular flexibility index (Phi) is 4.73. The van der Waals surface area contributed by atoms with Crippen LogP contribution < -0.4 is 10.6 Å². The quantitative estimate of drug-likeness (QED) is 0.237. The van der Waals surface area contributed by atoms with Gasteiger partial charge in [-0.05, 0) is 13.8 Å². The fraction of sp³-hybridized carbons (Fsp3) is 0.833. The van der Waals surface area contributed by atoms with Crippen LogP contribution in [0.5, 0.6) is 0 Å². The van der Waals surface area contributed by atoms with Gasteiger partial charge in [0.05, 0.1) is 6.61 Å². The Hall–Kier alpha value is -1.98. The first-order chi connectivity index (χ1) is 10.8. The first-order valence-corrected chi connectivity index (χ1v) is 7.24. The minimum atomic E-state index is -2.19. The first kappa shape index (κ1) is 17.4. The van der Waals surface area contributed by atoms with Crippen molar-refractivity contribution < 1.29 is 29.1 Å². The van der Waals surface area contributed by atoms with Gasteiger partial charge in [0.15, 0.2) is 12.1 Å². The maximum absolute atomic E-state index is 12.3. The van der Waals surface area contributed by atoms with E-state index >= 15 is 0 Å². The number of esters is 1. The number of nitrogens with one attached hydrogen (secondary N) is 2. The number of carbonyl (C=O) groups excluding carboxylic acids is 2. The molecule has 0 aromatic rings. The van der Waals surface area contributed by atoms with Gasteiger partial charge < -0.3 is 24.8 Å². The van der Waals surface area contributed by atoms with Crippen LogP contribution in [-0.4, -0.2) is 71.4 Å². The summed E-state index contributed by atoms with van der Waals surface area (Å²) in [5.41, 5.74) is 0. The molecular formula is C12H20N4O7. The number of aliphatic hydroxyl groups is 1. The third-order valence-electron chi connectivity index (χ3n) is 4.01. The van der Waals surface area contributed by atoms with E-state index in [1.165, 1.54) is 7.05 Å². The summed E-state index contributed by atoms with van der Waals surface area (Å²) in [6, 6.07) is -3.17. The average Bonchev–Trinajstić information content (AvgIpc) is 2.44. The van der Waals surface area contributed by atoms with E-state index in [0.29, 0.717) is 0 Å². The zero-order valence-corrected chi connectivity index (χ0v) is 13.0. The van der Waals surface area contributed by atoms with Crippen molar-refractivity contribution in [3.63, 3.8) is 0 Å². The lowest BCUT2D eigenvalue weighted by Gasteiger charge is -2.52. The van der Waals surface area contributed by atoms with Crippen LogP contribution in [0, 0.1) is 16.0 Å². The summed E-state index contributed by atoms with van der Waals surface area (Å²) < 4.78 is 10.2. The maximum atomic E-state index is 12.3. The lowest BCUT2D eigenvalue weighted by atomic mass is 9.82. The molecule has 0 spiro atoms. The number of likely N-dealkylation sites (N-methyl/N-ethyl adjacent to an activating group) is 1. The van der Waals surface area contributed by atoms with Gasteiger partial charge in [-0.3, -0.25) is 14.9 Å². The van der Waals surface area contributed by atoms with E-state index in [1.807, 2.05) is 0 Å². The van der Waals surface area contributed by atoms with Crippen LogP contribution in [0.25, 0.3) is 0 Å². The van der Waals surface area contributed by atoms with Gasteiger partial charge in [0.2, 0.25) is 5.91 Å². The van der Waals surface area contributed by atoms with Crippen molar-refractivity contribution in [2.24, 2.45) is 5.92 Å². The molecule has 130 valence electrons. The number of hydrogen-bond donors (Lipinski definition) is 3. The van der Waals surface area contributed by atoms with Gasteiger partial charge in [0, 0.05) is 18.6 Å². The Labute approximate surface area is 132 Å². The Morgan fingerprint density at radius 3 is 2.65 bits per heavy atom. The van der Waals surface area contributed by atoms with Crippen molar-refractivity contribution in [3.05, 3.63) is 10.1 Å². The molecule has 2 amide bonds. The summed E-state index contributed by atoms with van der Waals surface area (Å²) in [7, 11) is 1.32. The van der Waals surface area contributed by atoms with E-state index in [9.17, 15) is 24.8 Å². The molecule has 0 aromatic heterocycles. The number of hydrogen-bond acceptors (Lipinski definition) is 8. The normalized spacial score (nSPS) is 36.3. The molecule has 2 aliphatic rings. The molecule has 2 saturated heterocycles. The van der Waals surface area contributed by atoms with E-state index < -0.39 is 47.0 Å². The molecule has 11 heteroatoms. The average molecular weight is 332 g/mol. The third-order valence-corrected chi connectivity index (χ3v) is 4.01. The van der Waals surface area contributed by atoms with Crippen molar-refractivity contribution in [1.29, 1.82) is 0 Å². The number of ether oxygens (including phenoxy) is 2. The lowest BCUT2D eigenvalue weighted by Crippen LogP contribution is -2.83. The largest absolute Gasteiger partial charge is 0.466 e. The van der Waals surface area contributed by atoms with Crippen molar-refractivity contribution in [3.8, 4) is 0 Å². The molecule has 2 heterocycles. The van der Waals surface area contributed by atoms with Crippen molar-refractivity contribution >= 4 is 12.0 Å². The molecule has 2 fully saturated rings. The standard InChI is InChI=1S/C12H20N4O7/c1-4-22-10(17)6-7-8(16(20)21)9(13-11(18)15(7)3)14-12(6,19)23-5-2/h6-9,14,19H,4-5H2,1-3H3,(H,13,18). The Morgan fingerprint density at radius 1 is 1.48 bits per heavy atom. The van der Waals surface area contributed by atoms with Gasteiger partial charge in [0.1, 0.15) is 6.04 Å². The highest BCUT2D eigenvalue weighted by Crippen LogP contribution is 2.35. The van der Waals surface area contributed by atoms with Crippen molar-refractivity contribution in [2.75, 3.05) is 20.3 Å². The molecule has 0 radical (unpaired) electrons. The zero-order chi connectivity index (χ0) is 17.4. The predicted molar refractivity (Wildman–Crippen MR) is 74.5 cm³/mol. The summed E-state index contributed by atoms with van der Waals surface area (Å²) >= 11 is 0. The fourth-order valence-corrected chi connectivity index (χ4v) is 3.10. The number of rotatable bonds is 5. The Morgan fingerprint density at radius 2 is 2.13 bits per heavy atom. The van der Waals surface area contributed by atoms with Gasteiger partial charge in [-0.2, -0.15) is 0 Å². The summed E-state index contributed by atoms with van der Waals surface area (Å²) in [6.07, 6.45) is -1.18. The molecule has 2 bridgehead atoms. The molecule has 23 heavy (non-hydrogen) atoms. The number of fused-ring (bicyclic) bond motifs is 2. The zero-order valence-electron chi connectivity index (χ0n) is 13.0. The van der Waals surface area contributed by atoms with Gasteiger partial charge in [-0.1, -0.05) is 0 Å². The third kappa shape index (κ3) is 2.82.